The molecule has 0 N–H and O–H groups in total. The fourth-order valence-electron chi connectivity index (χ4n) is 3.79. The smallest absolute Gasteiger partial charge is 0.234 e. The van der Waals surface area contributed by atoms with Crippen molar-refractivity contribution in [3.05, 3.63) is 71.8 Å². The number of carbonyl (C=O) groups is 1. The molecule has 2 aromatic carbocycles. The van der Waals surface area contributed by atoms with Gasteiger partial charge in [0.1, 0.15) is 0 Å². The van der Waals surface area contributed by atoms with Crippen molar-refractivity contribution >= 4 is 5.91 Å². The van der Waals surface area contributed by atoms with E-state index in [1.54, 1.807) is 0 Å². The molecule has 1 aliphatic rings. The molecule has 23 heavy (non-hydrogen) atoms. The zero-order valence-electron chi connectivity index (χ0n) is 14.0. The molecule has 1 fully saturated rings. The fraction of sp³-hybridized carbons (Fsp3) is 0.381. The van der Waals surface area contributed by atoms with Gasteiger partial charge in [0.25, 0.3) is 0 Å². The summed E-state index contributed by atoms with van der Waals surface area (Å²) in [6.45, 7) is 6.24. The molecule has 2 heteroatoms. The fourth-order valence-corrected chi connectivity index (χ4v) is 3.79. The number of piperidine rings is 1. The lowest BCUT2D eigenvalue weighted by atomic mass is 9.87. The second kappa shape index (κ2) is 6.99. The van der Waals surface area contributed by atoms with Crippen LogP contribution in [0.3, 0.4) is 0 Å². The summed E-state index contributed by atoms with van der Waals surface area (Å²) in [5.74, 6) is 1.19. The van der Waals surface area contributed by atoms with Gasteiger partial charge < -0.3 is 4.90 Å². The van der Waals surface area contributed by atoms with Crippen molar-refractivity contribution in [2.24, 2.45) is 11.8 Å². The molecule has 0 spiro atoms. The third-order valence-electron chi connectivity index (χ3n) is 4.69. The largest absolute Gasteiger partial charge is 0.341 e. The van der Waals surface area contributed by atoms with Gasteiger partial charge in [-0.05, 0) is 29.4 Å². The maximum Gasteiger partial charge on any atom is 0.234 e. The maximum absolute atomic E-state index is 13.3. The summed E-state index contributed by atoms with van der Waals surface area (Å²) in [6, 6.07) is 20.3. The van der Waals surface area contributed by atoms with Gasteiger partial charge in [0.05, 0.1) is 5.92 Å². The minimum atomic E-state index is -0.199. The molecule has 1 amide bonds. The van der Waals surface area contributed by atoms with Crippen LogP contribution in [-0.2, 0) is 4.79 Å². The van der Waals surface area contributed by atoms with E-state index in [2.05, 4.69) is 43.0 Å². The normalized spacial score (nSPS) is 21.4. The minimum Gasteiger partial charge on any atom is -0.341 e. The predicted molar refractivity (Wildman–Crippen MR) is 94.3 cm³/mol. The van der Waals surface area contributed by atoms with Crippen LogP contribution in [-0.4, -0.2) is 23.9 Å². The van der Waals surface area contributed by atoms with Crippen molar-refractivity contribution in [1.82, 2.24) is 4.90 Å². The van der Waals surface area contributed by atoms with Crippen molar-refractivity contribution in [2.75, 3.05) is 13.1 Å². The summed E-state index contributed by atoms with van der Waals surface area (Å²) in [6.07, 6.45) is 1.21. The van der Waals surface area contributed by atoms with Crippen molar-refractivity contribution in [3.8, 4) is 0 Å². The van der Waals surface area contributed by atoms with E-state index >= 15 is 0 Å². The Labute approximate surface area is 139 Å². The van der Waals surface area contributed by atoms with E-state index in [9.17, 15) is 4.79 Å². The average Bonchev–Trinajstić information content (AvgIpc) is 2.56. The molecule has 0 aliphatic carbocycles. The Morgan fingerprint density at radius 1 is 0.870 bits per heavy atom. The summed E-state index contributed by atoms with van der Waals surface area (Å²) in [4.78, 5) is 15.4. The summed E-state index contributed by atoms with van der Waals surface area (Å²) >= 11 is 0. The van der Waals surface area contributed by atoms with E-state index in [0.717, 1.165) is 24.2 Å². The van der Waals surface area contributed by atoms with E-state index in [0.29, 0.717) is 11.8 Å². The van der Waals surface area contributed by atoms with Crippen molar-refractivity contribution in [1.29, 1.82) is 0 Å². The van der Waals surface area contributed by atoms with Gasteiger partial charge >= 0.3 is 0 Å². The van der Waals surface area contributed by atoms with Crippen LogP contribution in [0.2, 0.25) is 0 Å². The first-order valence-corrected chi connectivity index (χ1v) is 8.54. The number of hydrogen-bond donors (Lipinski definition) is 0. The van der Waals surface area contributed by atoms with E-state index in [-0.39, 0.29) is 11.8 Å². The Kier molecular flexibility index (Phi) is 4.80. The van der Waals surface area contributed by atoms with Gasteiger partial charge in [0, 0.05) is 13.1 Å². The van der Waals surface area contributed by atoms with Gasteiger partial charge in [-0.15, -0.1) is 0 Å². The minimum absolute atomic E-state index is 0.199. The van der Waals surface area contributed by atoms with Gasteiger partial charge in [-0.1, -0.05) is 74.5 Å². The lowest BCUT2D eigenvalue weighted by molar-refractivity contribution is -0.134. The van der Waals surface area contributed by atoms with E-state index < -0.39 is 0 Å². The molecule has 3 rings (SSSR count). The summed E-state index contributed by atoms with van der Waals surface area (Å²) in [7, 11) is 0. The van der Waals surface area contributed by atoms with Crippen molar-refractivity contribution in [2.45, 2.75) is 26.2 Å². The van der Waals surface area contributed by atoms with E-state index in [1.165, 1.54) is 6.42 Å². The number of benzene rings is 2. The van der Waals surface area contributed by atoms with Crippen LogP contribution in [0.25, 0.3) is 0 Å². The van der Waals surface area contributed by atoms with Gasteiger partial charge in [0.15, 0.2) is 0 Å². The molecule has 2 aromatic rings. The second-order valence-corrected chi connectivity index (χ2v) is 6.94. The van der Waals surface area contributed by atoms with Crippen LogP contribution in [0.1, 0.15) is 37.3 Å². The Morgan fingerprint density at radius 3 is 1.74 bits per heavy atom. The van der Waals surface area contributed by atoms with Crippen molar-refractivity contribution in [3.63, 3.8) is 0 Å². The van der Waals surface area contributed by atoms with Crippen LogP contribution in [0.4, 0.5) is 0 Å². The van der Waals surface area contributed by atoms with Crippen LogP contribution < -0.4 is 0 Å². The summed E-state index contributed by atoms with van der Waals surface area (Å²) in [5.41, 5.74) is 2.16. The topological polar surface area (TPSA) is 20.3 Å². The zero-order valence-corrected chi connectivity index (χ0v) is 14.0. The number of nitrogens with zero attached hydrogens (tertiary/aromatic N) is 1. The lowest BCUT2D eigenvalue weighted by Gasteiger charge is -2.37. The third kappa shape index (κ3) is 3.64. The number of hydrogen-bond acceptors (Lipinski definition) is 1. The molecule has 0 aromatic heterocycles. The van der Waals surface area contributed by atoms with E-state index in [4.69, 9.17) is 0 Å². The molecular weight excluding hydrogens is 282 g/mol. The molecule has 1 saturated heterocycles. The van der Waals surface area contributed by atoms with Crippen molar-refractivity contribution < 1.29 is 4.79 Å². The highest BCUT2D eigenvalue weighted by atomic mass is 16.2. The third-order valence-corrected chi connectivity index (χ3v) is 4.69. The SMILES string of the molecule is CC1CC(C)CN(C(=O)C(c2ccccc2)c2ccccc2)C1. The van der Waals surface area contributed by atoms with Crippen LogP contribution in [0.15, 0.2) is 60.7 Å². The van der Waals surface area contributed by atoms with Crippen LogP contribution in [0, 0.1) is 11.8 Å². The highest BCUT2D eigenvalue weighted by molar-refractivity contribution is 5.87. The van der Waals surface area contributed by atoms with Crippen LogP contribution in [0.5, 0.6) is 0 Å². The Bertz CT molecular complexity index is 588. The second-order valence-electron chi connectivity index (χ2n) is 6.94. The molecule has 120 valence electrons. The molecule has 1 heterocycles. The predicted octanol–water partition coefficient (Wildman–Crippen LogP) is 4.32. The first-order chi connectivity index (χ1) is 11.1. The van der Waals surface area contributed by atoms with E-state index in [1.807, 2.05) is 36.4 Å². The molecule has 0 bridgehead atoms. The van der Waals surface area contributed by atoms with Gasteiger partial charge in [-0.3, -0.25) is 4.79 Å². The first kappa shape index (κ1) is 15.8. The van der Waals surface area contributed by atoms with Crippen LogP contribution >= 0.6 is 0 Å². The Hall–Kier alpha value is -2.09. The molecule has 1 aliphatic heterocycles. The highest BCUT2D eigenvalue weighted by Gasteiger charge is 2.31. The molecule has 0 radical (unpaired) electrons. The Morgan fingerprint density at radius 2 is 1.30 bits per heavy atom. The molecule has 2 unspecified atom stereocenters. The zero-order chi connectivity index (χ0) is 16.2. The standard InChI is InChI=1S/C21H25NO/c1-16-13-17(2)15-22(14-16)21(23)20(18-9-5-3-6-10-18)19-11-7-4-8-12-19/h3-12,16-17,20H,13-15H2,1-2H3. The number of likely N-dealkylation sites (tertiary alicyclic amines) is 1. The first-order valence-electron chi connectivity index (χ1n) is 8.54. The maximum atomic E-state index is 13.3. The van der Waals surface area contributed by atoms with Gasteiger partial charge in [-0.25, -0.2) is 0 Å². The number of rotatable bonds is 3. The highest BCUT2D eigenvalue weighted by Crippen LogP contribution is 2.30. The Balaban J connectivity index is 1.94. The molecule has 2 atom stereocenters. The van der Waals surface area contributed by atoms with Gasteiger partial charge in [0.2, 0.25) is 5.91 Å². The molecular formula is C21H25NO. The van der Waals surface area contributed by atoms with Gasteiger partial charge in [-0.2, -0.15) is 0 Å². The lowest BCUT2D eigenvalue weighted by Crippen LogP contribution is -2.44. The number of carbonyl (C=O) groups excluding carboxylic acids is 1. The average molecular weight is 307 g/mol. The quantitative estimate of drug-likeness (QED) is 0.827. The summed E-state index contributed by atoms with van der Waals surface area (Å²) < 4.78 is 0. The summed E-state index contributed by atoms with van der Waals surface area (Å²) in [5, 5.41) is 0. The monoisotopic (exact) mass is 307 g/mol. The number of amides is 1. The molecule has 0 saturated carbocycles. The molecule has 2 nitrogen and oxygen atoms in total.